The van der Waals surface area contributed by atoms with Gasteiger partial charge in [-0.3, -0.25) is 0 Å². The molecule has 3 rings (SSSR count). The minimum absolute atomic E-state index is 0.0699. The minimum atomic E-state index is -0.588. The number of ether oxygens (including phenoxy) is 3. The van der Waals surface area contributed by atoms with E-state index in [2.05, 4.69) is 15.0 Å². The van der Waals surface area contributed by atoms with Gasteiger partial charge in [0.2, 0.25) is 5.89 Å². The molecule has 0 unspecified atom stereocenters. The third kappa shape index (κ3) is 4.30. The number of esters is 1. The standard InChI is InChI=1S/C18H21N3O6/c1-24-12-6-7-13(15(8-12)25-2)20-18(23)21(11-4-5-11)9-16-19-14(10-27-16)17(22)26-3/h6-8,10-11H,4-5,9H2,1-3H3,(H,20,23). The zero-order valence-corrected chi connectivity index (χ0v) is 15.4. The monoisotopic (exact) mass is 375 g/mol. The predicted octanol–water partition coefficient (Wildman–Crippen LogP) is 2.67. The second-order valence-corrected chi connectivity index (χ2v) is 5.97. The van der Waals surface area contributed by atoms with Crippen LogP contribution in [0.25, 0.3) is 0 Å². The first-order chi connectivity index (χ1) is 13.0. The normalized spacial score (nSPS) is 13.0. The Balaban J connectivity index is 1.73. The van der Waals surface area contributed by atoms with Crippen LogP contribution >= 0.6 is 0 Å². The van der Waals surface area contributed by atoms with E-state index in [1.165, 1.54) is 20.5 Å². The molecule has 1 heterocycles. The first kappa shape index (κ1) is 18.6. The van der Waals surface area contributed by atoms with Gasteiger partial charge in [0.15, 0.2) is 5.69 Å². The van der Waals surface area contributed by atoms with Gasteiger partial charge in [0, 0.05) is 12.1 Å². The quantitative estimate of drug-likeness (QED) is 0.742. The van der Waals surface area contributed by atoms with Crippen molar-refractivity contribution >= 4 is 17.7 Å². The fraction of sp³-hybridized carbons (Fsp3) is 0.389. The Hall–Kier alpha value is -3.23. The summed E-state index contributed by atoms with van der Waals surface area (Å²) in [5.41, 5.74) is 0.595. The van der Waals surface area contributed by atoms with Gasteiger partial charge in [0.05, 0.1) is 33.6 Å². The number of methoxy groups -OCH3 is 3. The SMILES string of the molecule is COC(=O)c1coc(CN(C(=O)Nc2ccc(OC)cc2OC)C2CC2)n1. The summed E-state index contributed by atoms with van der Waals surface area (Å²) >= 11 is 0. The highest BCUT2D eigenvalue weighted by molar-refractivity contribution is 5.91. The molecule has 1 fully saturated rings. The van der Waals surface area contributed by atoms with Crippen molar-refractivity contribution in [2.24, 2.45) is 0 Å². The summed E-state index contributed by atoms with van der Waals surface area (Å²) in [4.78, 5) is 30.0. The van der Waals surface area contributed by atoms with E-state index in [0.29, 0.717) is 17.2 Å². The first-order valence-electron chi connectivity index (χ1n) is 8.38. The van der Waals surface area contributed by atoms with E-state index >= 15 is 0 Å². The Morgan fingerprint density at radius 2 is 2.04 bits per heavy atom. The molecule has 0 radical (unpaired) electrons. The second-order valence-electron chi connectivity index (χ2n) is 5.97. The van der Waals surface area contributed by atoms with E-state index in [0.717, 1.165) is 12.8 Å². The fourth-order valence-corrected chi connectivity index (χ4v) is 2.57. The molecule has 9 nitrogen and oxygen atoms in total. The van der Waals surface area contributed by atoms with Crippen LogP contribution in [0, 0.1) is 0 Å². The van der Waals surface area contributed by atoms with Gasteiger partial charge in [0.1, 0.15) is 17.8 Å². The third-order valence-electron chi connectivity index (χ3n) is 4.15. The molecule has 2 amide bonds. The summed E-state index contributed by atoms with van der Waals surface area (Å²) in [6.07, 6.45) is 3.02. The van der Waals surface area contributed by atoms with Crippen LogP contribution in [0.1, 0.15) is 29.2 Å². The fourth-order valence-electron chi connectivity index (χ4n) is 2.57. The van der Waals surface area contributed by atoms with Crippen molar-refractivity contribution in [2.45, 2.75) is 25.4 Å². The molecule has 9 heteroatoms. The maximum Gasteiger partial charge on any atom is 0.360 e. The van der Waals surface area contributed by atoms with Crippen LogP contribution in [-0.4, -0.2) is 49.3 Å². The number of urea groups is 1. The number of carbonyl (C=O) groups excluding carboxylic acids is 2. The second kappa shape index (κ2) is 7.98. The molecule has 1 aromatic heterocycles. The molecular formula is C18H21N3O6. The average molecular weight is 375 g/mol. The first-order valence-corrected chi connectivity index (χ1v) is 8.38. The van der Waals surface area contributed by atoms with Gasteiger partial charge in [-0.15, -0.1) is 0 Å². The zero-order valence-electron chi connectivity index (χ0n) is 15.4. The van der Waals surface area contributed by atoms with Crippen molar-refractivity contribution in [3.05, 3.63) is 36.0 Å². The summed E-state index contributed by atoms with van der Waals surface area (Å²) in [7, 11) is 4.34. The molecule has 1 aliphatic rings. The molecule has 0 bridgehead atoms. The van der Waals surface area contributed by atoms with Crippen LogP contribution in [0.5, 0.6) is 11.5 Å². The van der Waals surface area contributed by atoms with Crippen molar-refractivity contribution in [3.8, 4) is 11.5 Å². The molecule has 0 atom stereocenters. The lowest BCUT2D eigenvalue weighted by atomic mass is 10.2. The van der Waals surface area contributed by atoms with E-state index in [1.807, 2.05) is 0 Å². The Morgan fingerprint density at radius 3 is 2.67 bits per heavy atom. The Bertz CT molecular complexity index is 830. The van der Waals surface area contributed by atoms with Gasteiger partial charge >= 0.3 is 12.0 Å². The Labute approximate surface area is 156 Å². The van der Waals surface area contributed by atoms with E-state index in [9.17, 15) is 9.59 Å². The molecule has 1 aliphatic carbocycles. The molecule has 1 N–H and O–H groups in total. The summed E-state index contributed by atoms with van der Waals surface area (Å²) < 4.78 is 20.4. The number of carbonyl (C=O) groups is 2. The number of hydrogen-bond donors (Lipinski definition) is 1. The summed E-state index contributed by atoms with van der Waals surface area (Å²) in [5, 5.41) is 2.84. The van der Waals surface area contributed by atoms with Crippen molar-refractivity contribution in [2.75, 3.05) is 26.6 Å². The number of nitrogens with zero attached hydrogens (tertiary/aromatic N) is 2. The molecule has 27 heavy (non-hydrogen) atoms. The van der Waals surface area contributed by atoms with Crippen molar-refractivity contribution < 1.29 is 28.2 Å². The van der Waals surface area contributed by atoms with Gasteiger partial charge < -0.3 is 28.8 Å². The number of rotatable bonds is 7. The van der Waals surface area contributed by atoms with Gasteiger partial charge in [-0.1, -0.05) is 0 Å². The highest BCUT2D eigenvalue weighted by atomic mass is 16.5. The van der Waals surface area contributed by atoms with E-state index in [-0.39, 0.29) is 30.2 Å². The van der Waals surface area contributed by atoms with E-state index in [4.69, 9.17) is 13.9 Å². The van der Waals surface area contributed by atoms with Crippen molar-refractivity contribution in [1.29, 1.82) is 0 Å². The lowest BCUT2D eigenvalue weighted by Gasteiger charge is -2.22. The number of hydrogen-bond acceptors (Lipinski definition) is 7. The number of oxazole rings is 1. The minimum Gasteiger partial charge on any atom is -0.497 e. The smallest absolute Gasteiger partial charge is 0.360 e. The Kier molecular flexibility index (Phi) is 5.49. The highest BCUT2D eigenvalue weighted by Gasteiger charge is 2.34. The van der Waals surface area contributed by atoms with Crippen molar-refractivity contribution in [3.63, 3.8) is 0 Å². The van der Waals surface area contributed by atoms with Gasteiger partial charge in [-0.2, -0.15) is 0 Å². The lowest BCUT2D eigenvalue weighted by molar-refractivity contribution is 0.0594. The Morgan fingerprint density at radius 1 is 1.26 bits per heavy atom. The largest absolute Gasteiger partial charge is 0.497 e. The summed E-state index contributed by atoms with van der Waals surface area (Å²) in [6, 6.07) is 4.92. The van der Waals surface area contributed by atoms with Crippen LogP contribution in [0.2, 0.25) is 0 Å². The molecule has 1 saturated carbocycles. The maximum absolute atomic E-state index is 12.8. The molecule has 0 aliphatic heterocycles. The molecule has 1 aromatic carbocycles. The van der Waals surface area contributed by atoms with Crippen LogP contribution < -0.4 is 14.8 Å². The number of nitrogens with one attached hydrogen (secondary N) is 1. The molecule has 0 saturated heterocycles. The number of benzene rings is 1. The highest BCUT2D eigenvalue weighted by Crippen LogP contribution is 2.32. The van der Waals surface area contributed by atoms with E-state index < -0.39 is 5.97 Å². The molecule has 0 spiro atoms. The average Bonchev–Trinajstić information content (AvgIpc) is 3.43. The maximum atomic E-state index is 12.8. The van der Waals surface area contributed by atoms with Crippen LogP contribution in [0.4, 0.5) is 10.5 Å². The topological polar surface area (TPSA) is 103 Å². The van der Waals surface area contributed by atoms with Crippen LogP contribution in [0.15, 0.2) is 28.9 Å². The van der Waals surface area contributed by atoms with Crippen LogP contribution in [0.3, 0.4) is 0 Å². The third-order valence-corrected chi connectivity index (χ3v) is 4.15. The van der Waals surface area contributed by atoms with Gasteiger partial charge in [0.25, 0.3) is 0 Å². The van der Waals surface area contributed by atoms with Crippen LogP contribution in [-0.2, 0) is 11.3 Å². The molecule has 144 valence electrons. The number of anilines is 1. The molecular weight excluding hydrogens is 354 g/mol. The summed E-state index contributed by atoms with van der Waals surface area (Å²) in [5.74, 6) is 0.788. The zero-order chi connectivity index (χ0) is 19.4. The number of amides is 2. The predicted molar refractivity (Wildman–Crippen MR) is 95.0 cm³/mol. The van der Waals surface area contributed by atoms with E-state index in [1.54, 1.807) is 30.2 Å². The van der Waals surface area contributed by atoms with Gasteiger partial charge in [-0.05, 0) is 25.0 Å². The lowest BCUT2D eigenvalue weighted by Crippen LogP contribution is -2.36. The molecule has 2 aromatic rings. The summed E-state index contributed by atoms with van der Waals surface area (Å²) in [6.45, 7) is 0.145. The van der Waals surface area contributed by atoms with Crippen molar-refractivity contribution in [1.82, 2.24) is 9.88 Å². The van der Waals surface area contributed by atoms with Gasteiger partial charge in [-0.25, -0.2) is 14.6 Å². The number of aromatic nitrogens is 1.